The minimum Gasteiger partial charge on any atom is -0.317 e. The van der Waals surface area contributed by atoms with E-state index in [4.69, 9.17) is 0 Å². The van der Waals surface area contributed by atoms with Gasteiger partial charge in [0, 0.05) is 18.2 Å². The molecule has 8 nitrogen and oxygen atoms in total. The largest absolute Gasteiger partial charge is 0.317 e. The number of rotatable bonds is 6. The summed E-state index contributed by atoms with van der Waals surface area (Å²) in [7, 11) is -3.87. The number of amides is 1. The van der Waals surface area contributed by atoms with Gasteiger partial charge in [-0.1, -0.05) is 23.5 Å². The van der Waals surface area contributed by atoms with E-state index in [1.807, 2.05) is 0 Å². The number of sulfonamides is 1. The first-order valence-electron chi connectivity index (χ1n) is 9.89. The van der Waals surface area contributed by atoms with Crippen LogP contribution in [0.2, 0.25) is 0 Å². The Labute approximate surface area is 192 Å². The second-order valence-electron chi connectivity index (χ2n) is 7.38. The van der Waals surface area contributed by atoms with Crippen molar-refractivity contribution in [3.63, 3.8) is 0 Å². The van der Waals surface area contributed by atoms with Crippen LogP contribution in [0, 0.1) is 11.6 Å². The molecule has 172 valence electrons. The quantitative estimate of drug-likeness (QED) is 0.525. The lowest BCUT2D eigenvalue weighted by Gasteiger charge is -2.22. The maximum Gasteiger partial charge on any atom is 0.286 e. The number of benzene rings is 2. The second-order valence-corrected chi connectivity index (χ2v) is 10.3. The molecule has 12 heteroatoms. The number of anilines is 1. The maximum atomic E-state index is 13.8. The van der Waals surface area contributed by atoms with Crippen LogP contribution in [0.3, 0.4) is 0 Å². The molecule has 3 aromatic rings. The Balaban J connectivity index is 1.54. The zero-order valence-corrected chi connectivity index (χ0v) is 18.9. The zero-order valence-electron chi connectivity index (χ0n) is 17.3. The van der Waals surface area contributed by atoms with E-state index in [2.05, 4.69) is 15.5 Å². The Morgan fingerprint density at radius 3 is 2.52 bits per heavy atom. The molecule has 0 spiro atoms. The Morgan fingerprint density at radius 2 is 1.85 bits per heavy atom. The van der Waals surface area contributed by atoms with Gasteiger partial charge in [-0.3, -0.25) is 9.59 Å². The fourth-order valence-electron chi connectivity index (χ4n) is 3.50. The number of hydrogen-bond acceptors (Lipinski definition) is 7. The normalized spacial score (nSPS) is 16.6. The average molecular weight is 493 g/mol. The topological polar surface area (TPSA) is 109 Å². The number of aromatic nitrogens is 2. The summed E-state index contributed by atoms with van der Waals surface area (Å²) in [5.41, 5.74) is 0.196. The highest BCUT2D eigenvalue weighted by atomic mass is 32.2. The van der Waals surface area contributed by atoms with Gasteiger partial charge in [0.25, 0.3) is 5.91 Å². The Morgan fingerprint density at radius 1 is 1.12 bits per heavy atom. The minimum atomic E-state index is -3.87. The molecular formula is C21H18F2N4O4S2. The molecule has 1 aliphatic heterocycles. The molecule has 1 aromatic heterocycles. The van der Waals surface area contributed by atoms with Crippen molar-refractivity contribution in [2.45, 2.75) is 30.7 Å². The summed E-state index contributed by atoms with van der Waals surface area (Å²) in [4.78, 5) is 24.0. The fourth-order valence-corrected chi connectivity index (χ4v) is 6.11. The fraction of sp³-hybridized carbons (Fsp3) is 0.238. The average Bonchev–Trinajstić information content (AvgIpc) is 3.45. The maximum absolute atomic E-state index is 13.8. The highest BCUT2D eigenvalue weighted by molar-refractivity contribution is 7.89. The third kappa shape index (κ3) is 4.68. The van der Waals surface area contributed by atoms with Crippen LogP contribution in [0.1, 0.15) is 51.0 Å². The van der Waals surface area contributed by atoms with Crippen LogP contribution in [0.15, 0.2) is 47.4 Å². The van der Waals surface area contributed by atoms with Gasteiger partial charge in [0.2, 0.25) is 15.0 Å². The van der Waals surface area contributed by atoms with Gasteiger partial charge in [-0.05, 0) is 44.0 Å². The van der Waals surface area contributed by atoms with Crippen LogP contribution >= 0.6 is 11.3 Å². The van der Waals surface area contributed by atoms with Gasteiger partial charge in [-0.25, -0.2) is 17.2 Å². The van der Waals surface area contributed by atoms with Gasteiger partial charge in [-0.2, -0.15) is 4.31 Å². The predicted octanol–water partition coefficient (Wildman–Crippen LogP) is 3.80. The number of carbonyl (C=O) groups is 2. The van der Waals surface area contributed by atoms with Crippen molar-refractivity contribution in [2.24, 2.45) is 0 Å². The van der Waals surface area contributed by atoms with E-state index in [1.54, 1.807) is 0 Å². The SMILES string of the molecule is CC(=O)c1ccc(S(=O)(=O)N2CCC[C@@H]2c2nnc(C(=O)Nc3ccc(F)cc3F)s2)cc1. The van der Waals surface area contributed by atoms with Gasteiger partial charge >= 0.3 is 0 Å². The number of carbonyl (C=O) groups excluding carboxylic acids is 2. The Hall–Kier alpha value is -3.09. The van der Waals surface area contributed by atoms with Crippen molar-refractivity contribution in [3.05, 3.63) is 69.7 Å². The van der Waals surface area contributed by atoms with Crippen molar-refractivity contribution in [1.82, 2.24) is 14.5 Å². The lowest BCUT2D eigenvalue weighted by Crippen LogP contribution is -2.30. The molecule has 0 aliphatic carbocycles. The van der Waals surface area contributed by atoms with E-state index in [1.165, 1.54) is 35.5 Å². The molecule has 1 N–H and O–H groups in total. The number of ketones is 1. The second kappa shape index (κ2) is 9.04. The van der Waals surface area contributed by atoms with Crippen molar-refractivity contribution < 1.29 is 26.8 Å². The van der Waals surface area contributed by atoms with E-state index in [9.17, 15) is 26.8 Å². The highest BCUT2D eigenvalue weighted by Gasteiger charge is 2.38. The van der Waals surface area contributed by atoms with E-state index in [-0.39, 0.29) is 27.9 Å². The number of nitrogens with zero attached hydrogens (tertiary/aromatic N) is 3. The molecule has 2 heterocycles. The first-order chi connectivity index (χ1) is 15.7. The molecule has 1 atom stereocenters. The summed E-state index contributed by atoms with van der Waals surface area (Å²) in [6.07, 6.45) is 1.09. The van der Waals surface area contributed by atoms with E-state index in [0.29, 0.717) is 29.5 Å². The van der Waals surface area contributed by atoms with Crippen LogP contribution in [0.5, 0.6) is 0 Å². The van der Waals surface area contributed by atoms with Crippen molar-refractivity contribution in [2.75, 3.05) is 11.9 Å². The summed E-state index contributed by atoms with van der Waals surface area (Å²) >= 11 is 0.906. The van der Waals surface area contributed by atoms with Crippen LogP contribution in [-0.2, 0) is 10.0 Å². The molecule has 0 unspecified atom stereocenters. The molecule has 0 radical (unpaired) electrons. The van der Waals surface area contributed by atoms with Crippen LogP contribution < -0.4 is 5.32 Å². The van der Waals surface area contributed by atoms with Gasteiger partial charge < -0.3 is 5.32 Å². The third-order valence-corrected chi connectivity index (χ3v) is 8.12. The summed E-state index contributed by atoms with van der Waals surface area (Å²) < 4.78 is 54.6. The summed E-state index contributed by atoms with van der Waals surface area (Å²) in [5.74, 6) is -2.62. The Bertz CT molecular complexity index is 1330. The van der Waals surface area contributed by atoms with Crippen molar-refractivity contribution in [3.8, 4) is 0 Å². The van der Waals surface area contributed by atoms with Crippen LogP contribution in [0.25, 0.3) is 0 Å². The van der Waals surface area contributed by atoms with Gasteiger partial charge in [0.15, 0.2) is 5.78 Å². The van der Waals surface area contributed by atoms with Crippen molar-refractivity contribution in [1.29, 1.82) is 0 Å². The van der Waals surface area contributed by atoms with E-state index < -0.39 is 33.6 Å². The molecule has 1 aliphatic rings. The molecule has 4 rings (SSSR count). The highest BCUT2D eigenvalue weighted by Crippen LogP contribution is 2.37. The lowest BCUT2D eigenvalue weighted by atomic mass is 10.2. The van der Waals surface area contributed by atoms with Gasteiger partial charge in [0.1, 0.15) is 16.6 Å². The zero-order chi connectivity index (χ0) is 23.8. The molecule has 2 aromatic carbocycles. The monoisotopic (exact) mass is 492 g/mol. The smallest absolute Gasteiger partial charge is 0.286 e. The van der Waals surface area contributed by atoms with Crippen molar-refractivity contribution >= 4 is 38.7 Å². The lowest BCUT2D eigenvalue weighted by molar-refractivity contribution is 0.101. The summed E-state index contributed by atoms with van der Waals surface area (Å²) in [6, 6.07) is 7.83. The number of hydrogen-bond donors (Lipinski definition) is 1. The molecule has 1 fully saturated rings. The van der Waals surface area contributed by atoms with Gasteiger partial charge in [0.05, 0.1) is 16.6 Å². The van der Waals surface area contributed by atoms with Crippen LogP contribution in [0.4, 0.5) is 14.5 Å². The molecule has 0 saturated carbocycles. The number of nitrogens with one attached hydrogen (secondary N) is 1. The molecule has 33 heavy (non-hydrogen) atoms. The van der Waals surface area contributed by atoms with Gasteiger partial charge in [-0.15, -0.1) is 10.2 Å². The standard InChI is InChI=1S/C21H18F2N4O4S2/c1-12(28)13-4-7-15(8-5-13)33(30,31)27-10-2-3-18(27)20-25-26-21(32-20)19(29)24-17-9-6-14(22)11-16(17)23/h4-9,11,18H,2-3,10H2,1H3,(H,24,29)/t18-/m1/s1. The molecule has 0 bridgehead atoms. The van der Waals surface area contributed by atoms with Crippen LogP contribution in [-0.4, -0.2) is 41.2 Å². The Kier molecular flexibility index (Phi) is 6.32. The first kappa shape index (κ1) is 23.1. The number of halogens is 2. The first-order valence-corrected chi connectivity index (χ1v) is 12.1. The predicted molar refractivity (Wildman–Crippen MR) is 117 cm³/mol. The molecular weight excluding hydrogens is 474 g/mol. The third-order valence-electron chi connectivity index (χ3n) is 5.17. The minimum absolute atomic E-state index is 0.0497. The molecule has 1 saturated heterocycles. The summed E-state index contributed by atoms with van der Waals surface area (Å²) in [5, 5.41) is 10.4. The number of Topliss-reactive ketones (excluding diaryl/α,β-unsaturated/α-hetero) is 1. The summed E-state index contributed by atoms with van der Waals surface area (Å²) in [6.45, 7) is 1.66. The molecule has 1 amide bonds. The van der Waals surface area contributed by atoms with E-state index in [0.717, 1.165) is 23.5 Å². The van der Waals surface area contributed by atoms with E-state index >= 15 is 0 Å².